The van der Waals surface area contributed by atoms with Gasteiger partial charge in [0.1, 0.15) is 12.4 Å². The van der Waals surface area contributed by atoms with E-state index in [1.54, 1.807) is 12.1 Å². The minimum absolute atomic E-state index is 0.0822. The Hall–Kier alpha value is -2.61. The van der Waals surface area contributed by atoms with E-state index in [4.69, 9.17) is 14.6 Å². The molecule has 1 aromatic carbocycles. The summed E-state index contributed by atoms with van der Waals surface area (Å²) in [6, 6.07) is 4.67. The lowest BCUT2D eigenvalue weighted by molar-refractivity contribution is -0.142. The smallest absolute Gasteiger partial charge is 0.329 e. The third-order valence-corrected chi connectivity index (χ3v) is 2.63. The van der Waals surface area contributed by atoms with Gasteiger partial charge in [-0.1, -0.05) is 0 Å². The van der Waals surface area contributed by atoms with E-state index in [0.29, 0.717) is 17.0 Å². The number of benzene rings is 1. The lowest BCUT2D eigenvalue weighted by atomic mass is 10.1. The fourth-order valence-electron chi connectivity index (χ4n) is 1.71. The number of aliphatic carboxylic acids is 1. The molecule has 0 saturated carbocycles. The number of ether oxygens (including phenoxy) is 2. The summed E-state index contributed by atoms with van der Waals surface area (Å²) in [5.41, 5.74) is 0.899. The topological polar surface area (TPSA) is 114 Å². The zero-order valence-electron chi connectivity index (χ0n) is 11.0. The Morgan fingerprint density at radius 3 is 3.00 bits per heavy atom. The molecule has 8 nitrogen and oxygen atoms in total. The second kappa shape index (κ2) is 6.71. The van der Waals surface area contributed by atoms with Crippen LogP contribution in [-0.2, 0) is 14.3 Å². The van der Waals surface area contributed by atoms with E-state index in [1.807, 2.05) is 0 Å². The molecular formula is C13H14N2O6. The van der Waals surface area contributed by atoms with E-state index in [-0.39, 0.29) is 31.6 Å². The number of carboxylic acid groups (broad SMARTS) is 1. The van der Waals surface area contributed by atoms with E-state index < -0.39 is 12.6 Å². The van der Waals surface area contributed by atoms with Gasteiger partial charge in [-0.25, -0.2) is 4.79 Å². The maximum absolute atomic E-state index is 11.9. The van der Waals surface area contributed by atoms with E-state index in [0.717, 1.165) is 0 Å². The predicted octanol–water partition coefficient (Wildman–Crippen LogP) is -0.152. The molecule has 1 aromatic rings. The average Bonchev–Trinajstić information content (AvgIpc) is 2.45. The molecule has 3 N–H and O–H groups in total. The van der Waals surface area contributed by atoms with Gasteiger partial charge in [-0.3, -0.25) is 9.59 Å². The summed E-state index contributed by atoms with van der Waals surface area (Å²) in [6.45, 7) is -0.181. The summed E-state index contributed by atoms with van der Waals surface area (Å²) in [5.74, 6) is -1.20. The molecule has 0 aromatic heterocycles. The van der Waals surface area contributed by atoms with Crippen LogP contribution < -0.4 is 15.4 Å². The Morgan fingerprint density at radius 2 is 2.24 bits per heavy atom. The molecule has 0 fully saturated rings. The van der Waals surface area contributed by atoms with Gasteiger partial charge in [0.05, 0.1) is 12.3 Å². The van der Waals surface area contributed by atoms with Crippen LogP contribution in [-0.4, -0.2) is 49.3 Å². The van der Waals surface area contributed by atoms with Crippen LogP contribution in [0.4, 0.5) is 5.69 Å². The number of hydrogen-bond donors (Lipinski definition) is 3. The van der Waals surface area contributed by atoms with Crippen molar-refractivity contribution < 1.29 is 29.0 Å². The Balaban J connectivity index is 1.85. The van der Waals surface area contributed by atoms with Crippen LogP contribution in [0.5, 0.6) is 5.75 Å². The summed E-state index contributed by atoms with van der Waals surface area (Å²) in [6.07, 6.45) is 0. The van der Waals surface area contributed by atoms with Crippen molar-refractivity contribution in [2.45, 2.75) is 0 Å². The molecule has 21 heavy (non-hydrogen) atoms. The molecule has 1 heterocycles. The van der Waals surface area contributed by atoms with Crippen molar-refractivity contribution in [2.75, 3.05) is 31.7 Å². The fraction of sp³-hybridized carbons (Fsp3) is 0.308. The van der Waals surface area contributed by atoms with E-state index in [9.17, 15) is 14.4 Å². The summed E-state index contributed by atoms with van der Waals surface area (Å²) in [7, 11) is 0. The molecule has 0 unspecified atom stereocenters. The minimum atomic E-state index is -1.06. The highest BCUT2D eigenvalue weighted by Crippen LogP contribution is 2.28. The van der Waals surface area contributed by atoms with Crippen LogP contribution in [0.1, 0.15) is 10.4 Å². The first kappa shape index (κ1) is 14.8. The van der Waals surface area contributed by atoms with E-state index in [2.05, 4.69) is 10.6 Å². The van der Waals surface area contributed by atoms with Gasteiger partial charge in [0.2, 0.25) is 0 Å². The molecule has 2 rings (SSSR count). The number of anilines is 1. The molecule has 0 radical (unpaired) electrons. The molecule has 1 aliphatic rings. The van der Waals surface area contributed by atoms with Crippen molar-refractivity contribution in [3.63, 3.8) is 0 Å². The highest BCUT2D eigenvalue weighted by Gasteiger charge is 2.17. The lowest BCUT2D eigenvalue weighted by Gasteiger charge is -2.18. The second-order valence-electron chi connectivity index (χ2n) is 4.25. The Morgan fingerprint density at radius 1 is 1.43 bits per heavy atom. The Bertz CT molecular complexity index is 572. The van der Waals surface area contributed by atoms with E-state index >= 15 is 0 Å². The predicted molar refractivity (Wildman–Crippen MR) is 71.4 cm³/mol. The molecule has 1 aliphatic heterocycles. The average molecular weight is 294 g/mol. The molecule has 0 bridgehead atoms. The minimum Gasteiger partial charge on any atom is -0.482 e. The number of carbonyl (C=O) groups excluding carboxylic acids is 2. The van der Waals surface area contributed by atoms with Gasteiger partial charge in [0.15, 0.2) is 6.61 Å². The maximum atomic E-state index is 11.9. The van der Waals surface area contributed by atoms with Crippen LogP contribution in [0, 0.1) is 0 Å². The lowest BCUT2D eigenvalue weighted by Crippen LogP contribution is -2.29. The zero-order valence-corrected chi connectivity index (χ0v) is 11.0. The number of nitrogens with one attached hydrogen (secondary N) is 2. The quantitative estimate of drug-likeness (QED) is 0.629. The maximum Gasteiger partial charge on any atom is 0.329 e. The van der Waals surface area contributed by atoms with Crippen LogP contribution in [0.3, 0.4) is 0 Å². The highest BCUT2D eigenvalue weighted by molar-refractivity contribution is 5.98. The molecule has 0 aliphatic carbocycles. The zero-order chi connectivity index (χ0) is 15.2. The van der Waals surface area contributed by atoms with Gasteiger partial charge in [-0.05, 0) is 18.2 Å². The Kier molecular flexibility index (Phi) is 4.72. The van der Waals surface area contributed by atoms with Crippen molar-refractivity contribution in [3.8, 4) is 5.75 Å². The van der Waals surface area contributed by atoms with Crippen molar-refractivity contribution >= 4 is 23.5 Å². The summed E-state index contributed by atoms with van der Waals surface area (Å²) in [5, 5.41) is 13.6. The SMILES string of the molecule is O=C(O)COCCNC(=O)c1ccc2c(c1)OCC(=O)N2. The van der Waals surface area contributed by atoms with Gasteiger partial charge in [0.25, 0.3) is 11.8 Å². The first-order valence-electron chi connectivity index (χ1n) is 6.20. The van der Waals surface area contributed by atoms with Gasteiger partial charge < -0.3 is 25.2 Å². The molecular weight excluding hydrogens is 280 g/mol. The van der Waals surface area contributed by atoms with Crippen LogP contribution in [0.2, 0.25) is 0 Å². The highest BCUT2D eigenvalue weighted by atomic mass is 16.5. The number of rotatable bonds is 6. The van der Waals surface area contributed by atoms with Gasteiger partial charge in [0, 0.05) is 12.1 Å². The summed E-state index contributed by atoms with van der Waals surface area (Å²) in [4.78, 5) is 33.2. The first-order chi connectivity index (χ1) is 10.1. The van der Waals surface area contributed by atoms with Crippen molar-refractivity contribution in [1.82, 2.24) is 5.32 Å². The normalized spacial score (nSPS) is 12.9. The molecule has 2 amide bonds. The van der Waals surface area contributed by atoms with Gasteiger partial charge >= 0.3 is 5.97 Å². The Labute approximate surface area is 120 Å². The molecule has 8 heteroatoms. The number of hydrogen-bond acceptors (Lipinski definition) is 5. The van der Waals surface area contributed by atoms with Crippen molar-refractivity contribution in [3.05, 3.63) is 23.8 Å². The fourth-order valence-corrected chi connectivity index (χ4v) is 1.71. The molecule has 112 valence electrons. The van der Waals surface area contributed by atoms with Crippen LogP contribution in [0.25, 0.3) is 0 Å². The summed E-state index contributed by atoms with van der Waals surface area (Å²) >= 11 is 0. The van der Waals surface area contributed by atoms with Crippen LogP contribution in [0.15, 0.2) is 18.2 Å². The van der Waals surface area contributed by atoms with Gasteiger partial charge in [-0.2, -0.15) is 0 Å². The van der Waals surface area contributed by atoms with E-state index in [1.165, 1.54) is 6.07 Å². The van der Waals surface area contributed by atoms with Crippen molar-refractivity contribution in [2.24, 2.45) is 0 Å². The number of amides is 2. The number of carboxylic acids is 1. The van der Waals surface area contributed by atoms with Crippen LogP contribution >= 0.6 is 0 Å². The third-order valence-electron chi connectivity index (χ3n) is 2.63. The summed E-state index contributed by atoms with van der Waals surface area (Å²) < 4.78 is 10.0. The largest absolute Gasteiger partial charge is 0.482 e. The first-order valence-corrected chi connectivity index (χ1v) is 6.20. The standard InChI is InChI=1S/C13H14N2O6/c16-11-6-21-10-5-8(1-2-9(10)15-11)13(19)14-3-4-20-7-12(17)18/h1-2,5H,3-4,6-7H2,(H,14,19)(H,15,16)(H,17,18). The second-order valence-corrected chi connectivity index (χ2v) is 4.25. The van der Waals surface area contributed by atoms with Crippen molar-refractivity contribution in [1.29, 1.82) is 0 Å². The number of fused-ring (bicyclic) bond motifs is 1. The number of carbonyl (C=O) groups is 3. The molecule has 0 atom stereocenters. The molecule has 0 spiro atoms. The molecule has 0 saturated heterocycles. The monoisotopic (exact) mass is 294 g/mol. The van der Waals surface area contributed by atoms with Gasteiger partial charge in [-0.15, -0.1) is 0 Å². The third kappa shape index (κ3) is 4.18.